The summed E-state index contributed by atoms with van der Waals surface area (Å²) in [5.41, 5.74) is 4.66. The summed E-state index contributed by atoms with van der Waals surface area (Å²) in [5, 5.41) is 10.2. The van der Waals surface area contributed by atoms with E-state index in [0.717, 1.165) is 17.8 Å². The number of likely N-dealkylation sites (N-methyl/N-ethyl adjacent to an activating group) is 1. The molecule has 3 amide bonds. The molecule has 0 spiro atoms. The summed E-state index contributed by atoms with van der Waals surface area (Å²) in [5.74, 6) is 0.502. The number of aromatic nitrogens is 2. The lowest BCUT2D eigenvalue weighted by molar-refractivity contribution is -0.125. The van der Waals surface area contributed by atoms with Gasteiger partial charge in [-0.15, -0.1) is 0 Å². The van der Waals surface area contributed by atoms with Crippen molar-refractivity contribution in [1.82, 2.24) is 15.1 Å². The van der Waals surface area contributed by atoms with Gasteiger partial charge in [-0.25, -0.2) is 4.79 Å². The number of carbonyl (C=O) groups is 2. The fourth-order valence-electron chi connectivity index (χ4n) is 3.50. The van der Waals surface area contributed by atoms with Crippen molar-refractivity contribution in [2.45, 2.75) is 46.8 Å². The Hall–Kier alpha value is -3.03. The van der Waals surface area contributed by atoms with Gasteiger partial charge in [0.25, 0.3) is 5.91 Å². The monoisotopic (exact) mass is 385 g/mol. The lowest BCUT2D eigenvalue weighted by atomic mass is 10.1. The number of aryl methyl sites for hydroxylation is 1. The van der Waals surface area contributed by atoms with Crippen molar-refractivity contribution >= 4 is 23.3 Å². The van der Waals surface area contributed by atoms with E-state index >= 15 is 0 Å². The molecule has 150 valence electrons. The molecule has 1 aromatic carbocycles. The maximum Gasteiger partial charge on any atom is 0.319 e. The van der Waals surface area contributed by atoms with E-state index in [9.17, 15) is 9.59 Å². The van der Waals surface area contributed by atoms with Gasteiger partial charge in [0.15, 0.2) is 6.10 Å². The van der Waals surface area contributed by atoms with Crippen LogP contribution in [0, 0.1) is 13.8 Å². The van der Waals surface area contributed by atoms with Gasteiger partial charge in [-0.3, -0.25) is 9.48 Å². The van der Waals surface area contributed by atoms with E-state index in [1.54, 1.807) is 37.1 Å². The van der Waals surface area contributed by atoms with Crippen molar-refractivity contribution in [3.63, 3.8) is 0 Å². The van der Waals surface area contributed by atoms with Gasteiger partial charge in [0.1, 0.15) is 5.75 Å². The second-order valence-electron chi connectivity index (χ2n) is 6.95. The lowest BCUT2D eigenvalue weighted by Crippen LogP contribution is -2.42. The number of benzene rings is 1. The number of carbonyl (C=O) groups excluding carboxylic acids is 2. The molecule has 3 rings (SSSR count). The fourth-order valence-corrected chi connectivity index (χ4v) is 3.50. The van der Waals surface area contributed by atoms with Crippen LogP contribution in [0.1, 0.15) is 30.8 Å². The Morgan fingerprint density at radius 3 is 2.75 bits per heavy atom. The van der Waals surface area contributed by atoms with Gasteiger partial charge in [0, 0.05) is 25.0 Å². The third kappa shape index (κ3) is 3.81. The van der Waals surface area contributed by atoms with Gasteiger partial charge in [0.05, 0.1) is 17.9 Å². The Kier molecular flexibility index (Phi) is 5.58. The van der Waals surface area contributed by atoms with Crippen molar-refractivity contribution in [1.29, 1.82) is 0 Å². The summed E-state index contributed by atoms with van der Waals surface area (Å²) in [7, 11) is 1.70. The van der Waals surface area contributed by atoms with E-state index in [-0.39, 0.29) is 11.9 Å². The Bertz CT molecular complexity index is 905. The van der Waals surface area contributed by atoms with Crippen LogP contribution in [0.4, 0.5) is 16.2 Å². The van der Waals surface area contributed by atoms with E-state index in [1.165, 1.54) is 5.56 Å². The minimum atomic E-state index is -0.512. The predicted octanol–water partition coefficient (Wildman–Crippen LogP) is 2.63. The highest BCUT2D eigenvalue weighted by Crippen LogP contribution is 2.35. The fraction of sp³-hybridized carbons (Fsp3) is 0.450. The highest BCUT2D eigenvalue weighted by molar-refractivity contribution is 6.00. The standard InChI is InChI=1S/C20H27N5O3/c1-6-16-12(2)23-25(13(16)3)10-9-21-20(27)22-15-7-8-18-17(11-15)24(5)19(26)14(4)28-18/h7-8,11,14H,6,9-10H2,1-5H3,(H2,21,22,27)/t14-/m1/s1. The minimum absolute atomic E-state index is 0.120. The first-order valence-electron chi connectivity index (χ1n) is 9.47. The molecule has 28 heavy (non-hydrogen) atoms. The van der Waals surface area contributed by atoms with E-state index in [0.29, 0.717) is 30.2 Å². The molecule has 1 aliphatic rings. The lowest BCUT2D eigenvalue weighted by Gasteiger charge is -2.30. The number of fused-ring (bicyclic) bond motifs is 1. The molecule has 2 N–H and O–H groups in total. The molecule has 1 atom stereocenters. The number of rotatable bonds is 5. The summed E-state index contributed by atoms with van der Waals surface area (Å²) in [6.45, 7) is 8.95. The quantitative estimate of drug-likeness (QED) is 0.828. The smallest absolute Gasteiger partial charge is 0.319 e. The van der Waals surface area contributed by atoms with Crippen LogP contribution in [0.5, 0.6) is 5.75 Å². The molecule has 0 unspecified atom stereocenters. The number of hydrogen-bond acceptors (Lipinski definition) is 4. The molecular weight excluding hydrogens is 358 g/mol. The van der Waals surface area contributed by atoms with Crippen molar-refractivity contribution in [3.05, 3.63) is 35.2 Å². The van der Waals surface area contributed by atoms with Crippen LogP contribution >= 0.6 is 0 Å². The van der Waals surface area contributed by atoms with E-state index in [2.05, 4.69) is 22.7 Å². The molecule has 1 aliphatic heterocycles. The van der Waals surface area contributed by atoms with Gasteiger partial charge >= 0.3 is 6.03 Å². The first kappa shape index (κ1) is 19.7. The van der Waals surface area contributed by atoms with E-state index < -0.39 is 6.10 Å². The average Bonchev–Trinajstić information content (AvgIpc) is 2.93. The molecule has 0 aliphatic carbocycles. The molecule has 0 saturated heterocycles. The Balaban J connectivity index is 1.58. The molecular formula is C20H27N5O3. The normalized spacial score (nSPS) is 15.8. The third-order valence-electron chi connectivity index (χ3n) is 5.05. The van der Waals surface area contributed by atoms with Crippen molar-refractivity contribution < 1.29 is 14.3 Å². The van der Waals surface area contributed by atoms with Crippen LogP contribution in [-0.4, -0.2) is 41.4 Å². The van der Waals surface area contributed by atoms with Gasteiger partial charge in [0.2, 0.25) is 0 Å². The van der Waals surface area contributed by atoms with Crippen LogP contribution in [-0.2, 0) is 17.8 Å². The van der Waals surface area contributed by atoms with Crippen LogP contribution in [0.25, 0.3) is 0 Å². The average molecular weight is 385 g/mol. The molecule has 8 heteroatoms. The number of anilines is 2. The van der Waals surface area contributed by atoms with Crippen molar-refractivity contribution in [2.24, 2.45) is 0 Å². The van der Waals surface area contributed by atoms with Crippen LogP contribution in [0.3, 0.4) is 0 Å². The zero-order chi connectivity index (χ0) is 20.4. The van der Waals surface area contributed by atoms with Gasteiger partial charge < -0.3 is 20.3 Å². The number of amides is 3. The maximum absolute atomic E-state index is 12.2. The Morgan fingerprint density at radius 2 is 2.07 bits per heavy atom. The second kappa shape index (κ2) is 7.92. The number of hydrogen-bond donors (Lipinski definition) is 2. The zero-order valence-electron chi connectivity index (χ0n) is 17.0. The molecule has 8 nitrogen and oxygen atoms in total. The van der Waals surface area contributed by atoms with Crippen LogP contribution < -0.4 is 20.3 Å². The highest BCUT2D eigenvalue weighted by Gasteiger charge is 2.29. The molecule has 0 fully saturated rings. The molecule has 0 radical (unpaired) electrons. The Morgan fingerprint density at radius 1 is 1.32 bits per heavy atom. The van der Waals surface area contributed by atoms with Crippen LogP contribution in [0.2, 0.25) is 0 Å². The molecule has 1 aromatic heterocycles. The van der Waals surface area contributed by atoms with E-state index in [1.807, 2.05) is 18.5 Å². The molecule has 0 bridgehead atoms. The maximum atomic E-state index is 12.2. The molecule has 2 heterocycles. The first-order chi connectivity index (χ1) is 13.3. The second-order valence-corrected chi connectivity index (χ2v) is 6.95. The Labute approximate surface area is 164 Å². The summed E-state index contributed by atoms with van der Waals surface area (Å²) in [6, 6.07) is 4.93. The molecule has 0 saturated carbocycles. The number of urea groups is 1. The number of nitrogens with one attached hydrogen (secondary N) is 2. The summed E-state index contributed by atoms with van der Waals surface area (Å²) in [6.07, 6.45) is 0.436. The summed E-state index contributed by atoms with van der Waals surface area (Å²) >= 11 is 0. The van der Waals surface area contributed by atoms with E-state index in [4.69, 9.17) is 4.74 Å². The SMILES string of the molecule is CCc1c(C)nn(CCNC(=O)Nc2ccc3c(c2)N(C)C(=O)[C@@H](C)O3)c1C. The third-order valence-corrected chi connectivity index (χ3v) is 5.05. The predicted molar refractivity (Wildman–Crippen MR) is 108 cm³/mol. The van der Waals surface area contributed by atoms with Crippen molar-refractivity contribution in [2.75, 3.05) is 23.8 Å². The number of nitrogens with zero attached hydrogens (tertiary/aromatic N) is 3. The van der Waals surface area contributed by atoms with Crippen LogP contribution in [0.15, 0.2) is 18.2 Å². The summed E-state index contributed by atoms with van der Waals surface area (Å²) < 4.78 is 7.51. The number of ether oxygens (including phenoxy) is 1. The minimum Gasteiger partial charge on any atom is -0.479 e. The zero-order valence-corrected chi connectivity index (χ0v) is 17.0. The summed E-state index contributed by atoms with van der Waals surface area (Å²) in [4.78, 5) is 25.8. The highest BCUT2D eigenvalue weighted by atomic mass is 16.5. The van der Waals surface area contributed by atoms with Gasteiger partial charge in [-0.1, -0.05) is 6.92 Å². The largest absolute Gasteiger partial charge is 0.479 e. The first-order valence-corrected chi connectivity index (χ1v) is 9.47. The van der Waals surface area contributed by atoms with Crippen molar-refractivity contribution in [3.8, 4) is 5.75 Å². The van der Waals surface area contributed by atoms with Gasteiger partial charge in [-0.05, 0) is 51.0 Å². The molecule has 2 aromatic rings. The topological polar surface area (TPSA) is 88.5 Å². The van der Waals surface area contributed by atoms with Gasteiger partial charge in [-0.2, -0.15) is 5.10 Å².